The fourth-order valence-electron chi connectivity index (χ4n) is 3.29. The third-order valence-electron chi connectivity index (χ3n) is 4.65. The van der Waals surface area contributed by atoms with Crippen LogP contribution in [0.2, 0.25) is 5.02 Å². The minimum Gasteiger partial charge on any atom is -0.464 e. The van der Waals surface area contributed by atoms with E-state index in [1.807, 2.05) is 84.9 Å². The topological polar surface area (TPSA) is 44.8 Å². The number of ether oxygens (including phenoxy) is 3. The van der Waals surface area contributed by atoms with Gasteiger partial charge in [-0.3, -0.25) is 0 Å². The molecule has 1 fully saturated rings. The largest absolute Gasteiger partial charge is 0.464 e. The van der Waals surface area contributed by atoms with Crippen molar-refractivity contribution in [1.29, 1.82) is 0 Å². The fourth-order valence-corrected chi connectivity index (χ4v) is 3.48. The zero-order valence-electron chi connectivity index (χ0n) is 16.9. The Hall–Kier alpha value is -2.66. The Labute approximate surface area is 182 Å². The Bertz CT molecular complexity index is 910. The highest BCUT2D eigenvalue weighted by Gasteiger charge is 2.46. The van der Waals surface area contributed by atoms with Crippen molar-refractivity contribution >= 4 is 17.6 Å². The molecule has 4 nitrogen and oxygen atoms in total. The lowest BCUT2D eigenvalue weighted by Crippen LogP contribution is -2.48. The Morgan fingerprint density at radius 1 is 0.967 bits per heavy atom. The fraction of sp³-hybridized carbons (Fsp3) is 0.240. The number of esters is 1. The third kappa shape index (κ3) is 5.28. The molecule has 156 valence electrons. The maximum atomic E-state index is 12.7. The highest BCUT2D eigenvalue weighted by molar-refractivity contribution is 6.30. The van der Waals surface area contributed by atoms with Gasteiger partial charge in [0.2, 0.25) is 5.60 Å². The smallest absolute Gasteiger partial charge is 0.345 e. The second-order valence-corrected chi connectivity index (χ2v) is 7.10. The summed E-state index contributed by atoms with van der Waals surface area (Å²) >= 11 is 6.13. The van der Waals surface area contributed by atoms with Gasteiger partial charge in [0, 0.05) is 10.6 Å². The predicted octanol–water partition coefficient (Wildman–Crippen LogP) is 5.50. The summed E-state index contributed by atoms with van der Waals surface area (Å²) in [7, 11) is 0. The van der Waals surface area contributed by atoms with E-state index in [2.05, 4.69) is 0 Å². The Kier molecular flexibility index (Phi) is 8.03. The number of hydrogen-bond donors (Lipinski definition) is 0. The van der Waals surface area contributed by atoms with Crippen LogP contribution in [-0.2, 0) is 24.6 Å². The predicted molar refractivity (Wildman–Crippen MR) is 118 cm³/mol. The lowest BCUT2D eigenvalue weighted by atomic mass is 9.86. The van der Waals surface area contributed by atoms with Gasteiger partial charge in [-0.25, -0.2) is 4.79 Å². The summed E-state index contributed by atoms with van der Waals surface area (Å²) in [5.74, 6) is -0.431. The van der Waals surface area contributed by atoms with Gasteiger partial charge in [-0.15, -0.1) is 0 Å². The second kappa shape index (κ2) is 10.9. The first-order valence-corrected chi connectivity index (χ1v) is 10.3. The molecule has 1 aliphatic heterocycles. The first-order valence-electron chi connectivity index (χ1n) is 9.92. The summed E-state index contributed by atoms with van der Waals surface area (Å²) in [4.78, 5) is 12.7. The second-order valence-electron chi connectivity index (χ2n) is 6.66. The van der Waals surface area contributed by atoms with Crippen molar-refractivity contribution in [3.05, 3.63) is 95.5 Å². The van der Waals surface area contributed by atoms with Crippen LogP contribution in [0.15, 0.2) is 84.9 Å². The van der Waals surface area contributed by atoms with Crippen LogP contribution >= 0.6 is 11.6 Å². The lowest BCUT2D eigenvalue weighted by Gasteiger charge is -2.36. The minimum atomic E-state index is -1.26. The number of benzene rings is 3. The highest BCUT2D eigenvalue weighted by Crippen LogP contribution is 2.38. The van der Waals surface area contributed by atoms with Crippen molar-refractivity contribution in [2.75, 3.05) is 26.4 Å². The van der Waals surface area contributed by atoms with Crippen LogP contribution < -0.4 is 0 Å². The van der Waals surface area contributed by atoms with E-state index in [4.69, 9.17) is 25.8 Å². The van der Waals surface area contributed by atoms with E-state index < -0.39 is 11.6 Å². The molecule has 5 heteroatoms. The Balaban J connectivity index is 0.000000367. The lowest BCUT2D eigenvalue weighted by molar-refractivity contribution is -0.202. The van der Waals surface area contributed by atoms with Gasteiger partial charge in [0.25, 0.3) is 0 Å². The monoisotopic (exact) mass is 424 g/mol. The first-order chi connectivity index (χ1) is 14.7. The van der Waals surface area contributed by atoms with E-state index in [9.17, 15) is 4.79 Å². The SMILES string of the molecule is CCOC(=O)C1(c2ccccc2-c2cccc(Cl)c2)COCCO1.c1ccccc1. The van der Waals surface area contributed by atoms with Crippen molar-refractivity contribution in [3.8, 4) is 11.1 Å². The van der Waals surface area contributed by atoms with Gasteiger partial charge in [-0.1, -0.05) is 84.4 Å². The average Bonchev–Trinajstić information content (AvgIpc) is 2.81. The van der Waals surface area contributed by atoms with Crippen LogP contribution in [0.25, 0.3) is 11.1 Å². The van der Waals surface area contributed by atoms with Gasteiger partial charge in [-0.2, -0.15) is 0 Å². The molecule has 0 N–H and O–H groups in total. The maximum absolute atomic E-state index is 12.7. The van der Waals surface area contributed by atoms with E-state index in [1.165, 1.54) is 0 Å². The molecule has 1 aliphatic rings. The summed E-state index contributed by atoms with van der Waals surface area (Å²) in [6.45, 7) is 2.98. The molecule has 0 aromatic heterocycles. The van der Waals surface area contributed by atoms with E-state index in [0.29, 0.717) is 18.2 Å². The molecule has 0 saturated carbocycles. The molecule has 1 unspecified atom stereocenters. The van der Waals surface area contributed by atoms with E-state index in [0.717, 1.165) is 16.7 Å². The van der Waals surface area contributed by atoms with E-state index in [1.54, 1.807) is 6.92 Å². The maximum Gasteiger partial charge on any atom is 0.345 e. The highest BCUT2D eigenvalue weighted by atomic mass is 35.5. The van der Waals surface area contributed by atoms with Crippen LogP contribution in [-0.4, -0.2) is 32.4 Å². The normalized spacial score (nSPS) is 18.1. The van der Waals surface area contributed by atoms with Crippen molar-refractivity contribution in [2.24, 2.45) is 0 Å². The van der Waals surface area contributed by atoms with E-state index in [-0.39, 0.29) is 13.2 Å². The number of halogens is 1. The van der Waals surface area contributed by atoms with Gasteiger partial charge in [0.15, 0.2) is 0 Å². The number of carbonyl (C=O) groups excluding carboxylic acids is 1. The molecule has 4 rings (SSSR count). The summed E-state index contributed by atoms with van der Waals surface area (Å²) < 4.78 is 16.8. The molecule has 3 aromatic carbocycles. The molecular formula is C25H25ClO4. The van der Waals surface area contributed by atoms with Crippen LogP contribution in [0.4, 0.5) is 0 Å². The molecule has 0 amide bonds. The molecule has 0 bridgehead atoms. The third-order valence-corrected chi connectivity index (χ3v) is 4.89. The van der Waals surface area contributed by atoms with Gasteiger partial charge >= 0.3 is 5.97 Å². The van der Waals surface area contributed by atoms with Crippen LogP contribution in [0.3, 0.4) is 0 Å². The number of hydrogen-bond acceptors (Lipinski definition) is 4. The van der Waals surface area contributed by atoms with Gasteiger partial charge < -0.3 is 14.2 Å². The quantitative estimate of drug-likeness (QED) is 0.519. The van der Waals surface area contributed by atoms with Gasteiger partial charge in [0.05, 0.1) is 26.4 Å². The number of rotatable bonds is 4. The van der Waals surface area contributed by atoms with Crippen LogP contribution in [0, 0.1) is 0 Å². The zero-order chi connectivity index (χ0) is 21.2. The summed E-state index contributed by atoms with van der Waals surface area (Å²) in [6, 6.07) is 27.1. The first kappa shape index (κ1) is 22.0. The van der Waals surface area contributed by atoms with Crippen molar-refractivity contribution in [1.82, 2.24) is 0 Å². The van der Waals surface area contributed by atoms with Gasteiger partial charge in [-0.05, 0) is 30.2 Å². The van der Waals surface area contributed by atoms with Crippen molar-refractivity contribution < 1.29 is 19.0 Å². The average molecular weight is 425 g/mol. The van der Waals surface area contributed by atoms with Crippen LogP contribution in [0.1, 0.15) is 12.5 Å². The van der Waals surface area contributed by atoms with Crippen LogP contribution in [0.5, 0.6) is 0 Å². The molecular weight excluding hydrogens is 400 g/mol. The molecule has 30 heavy (non-hydrogen) atoms. The molecule has 0 radical (unpaired) electrons. The summed E-state index contributed by atoms with van der Waals surface area (Å²) in [5.41, 5.74) is 1.26. The van der Waals surface area contributed by atoms with E-state index >= 15 is 0 Å². The van der Waals surface area contributed by atoms with Crippen molar-refractivity contribution in [3.63, 3.8) is 0 Å². The molecule has 3 aromatic rings. The standard InChI is InChI=1S/C19H19ClO4.C6H6/c1-2-23-18(21)19(13-22-10-11-24-19)17-9-4-3-8-16(17)14-6-5-7-15(20)12-14;1-2-4-6-5-3-1/h3-9,12H,2,10-11,13H2,1H3;1-6H. The summed E-state index contributed by atoms with van der Waals surface area (Å²) in [5, 5.41) is 0.633. The number of carbonyl (C=O) groups is 1. The molecule has 0 spiro atoms. The molecule has 1 heterocycles. The zero-order valence-corrected chi connectivity index (χ0v) is 17.7. The minimum absolute atomic E-state index is 0.128. The van der Waals surface area contributed by atoms with Crippen molar-refractivity contribution in [2.45, 2.75) is 12.5 Å². The molecule has 0 aliphatic carbocycles. The Morgan fingerprint density at radius 2 is 1.67 bits per heavy atom. The van der Waals surface area contributed by atoms with Gasteiger partial charge in [0.1, 0.15) is 0 Å². The molecule has 1 saturated heterocycles. The Morgan fingerprint density at radius 3 is 2.27 bits per heavy atom. The molecule has 1 atom stereocenters. The summed E-state index contributed by atoms with van der Waals surface area (Å²) in [6.07, 6.45) is 0.